The van der Waals surface area contributed by atoms with Crippen molar-refractivity contribution in [3.05, 3.63) is 52.8 Å². The second-order valence-corrected chi connectivity index (χ2v) is 5.67. The van der Waals surface area contributed by atoms with Crippen molar-refractivity contribution in [2.45, 2.75) is 20.8 Å². The van der Waals surface area contributed by atoms with E-state index in [1.165, 1.54) is 12.0 Å². The number of aromatic nitrogens is 1. The number of aryl methyl sites for hydroxylation is 1. The van der Waals surface area contributed by atoms with Crippen LogP contribution >= 0.6 is 0 Å². The zero-order valence-electron chi connectivity index (χ0n) is 15.3. The molecular weight excluding hydrogens is 336 g/mol. The number of hydrogen-bond acceptors (Lipinski definition) is 5. The van der Waals surface area contributed by atoms with E-state index >= 15 is 0 Å². The van der Waals surface area contributed by atoms with E-state index in [4.69, 9.17) is 9.47 Å². The summed E-state index contributed by atoms with van der Waals surface area (Å²) in [5.74, 6) is -1.56. The van der Waals surface area contributed by atoms with E-state index in [-0.39, 0.29) is 11.6 Å². The number of benzene rings is 1. The van der Waals surface area contributed by atoms with Crippen LogP contribution in [0.5, 0.6) is 0 Å². The molecule has 7 heteroatoms. The van der Waals surface area contributed by atoms with Gasteiger partial charge in [0.1, 0.15) is 5.69 Å². The maximum absolute atomic E-state index is 12.4. The molecule has 2 rings (SSSR count). The first kappa shape index (κ1) is 19.2. The highest BCUT2D eigenvalue weighted by atomic mass is 16.5. The largest absolute Gasteiger partial charge is 0.465 e. The molecule has 0 saturated heterocycles. The van der Waals surface area contributed by atoms with Gasteiger partial charge in [0.05, 0.1) is 12.7 Å². The summed E-state index contributed by atoms with van der Waals surface area (Å²) in [6.07, 6.45) is 0. The van der Waals surface area contributed by atoms with Gasteiger partial charge in [-0.2, -0.15) is 0 Å². The first-order valence-corrected chi connectivity index (χ1v) is 8.20. The second-order valence-electron chi connectivity index (χ2n) is 5.67. The van der Waals surface area contributed by atoms with Crippen molar-refractivity contribution in [2.24, 2.45) is 0 Å². The average Bonchev–Trinajstić information content (AvgIpc) is 2.95. The Morgan fingerprint density at radius 1 is 1.08 bits per heavy atom. The van der Waals surface area contributed by atoms with Crippen molar-refractivity contribution < 1.29 is 23.9 Å². The number of anilines is 1. The van der Waals surface area contributed by atoms with Gasteiger partial charge >= 0.3 is 11.9 Å². The SMILES string of the molecule is CCN(C(=O)COC(=O)c1[nH]c(C)c(C(=O)OC)c1C)c1ccccc1. The third-order valence-corrected chi connectivity index (χ3v) is 4.04. The summed E-state index contributed by atoms with van der Waals surface area (Å²) in [6, 6.07) is 9.14. The molecule has 1 aromatic heterocycles. The number of H-pyrrole nitrogens is 1. The van der Waals surface area contributed by atoms with E-state index in [2.05, 4.69) is 4.98 Å². The molecule has 0 unspecified atom stereocenters. The molecule has 0 atom stereocenters. The van der Waals surface area contributed by atoms with Crippen molar-refractivity contribution in [3.63, 3.8) is 0 Å². The average molecular weight is 358 g/mol. The van der Waals surface area contributed by atoms with Crippen molar-refractivity contribution in [3.8, 4) is 0 Å². The molecule has 7 nitrogen and oxygen atoms in total. The molecule has 1 amide bonds. The lowest BCUT2D eigenvalue weighted by atomic mass is 10.1. The molecule has 1 heterocycles. The minimum Gasteiger partial charge on any atom is -0.465 e. The molecule has 0 bridgehead atoms. The second kappa shape index (κ2) is 8.33. The molecule has 0 spiro atoms. The molecule has 1 N–H and O–H groups in total. The Hall–Kier alpha value is -3.09. The number of likely N-dealkylation sites (N-methyl/N-ethyl adjacent to an activating group) is 1. The van der Waals surface area contributed by atoms with Gasteiger partial charge in [-0.3, -0.25) is 4.79 Å². The summed E-state index contributed by atoms with van der Waals surface area (Å²) < 4.78 is 9.86. The highest BCUT2D eigenvalue weighted by molar-refractivity contribution is 6.00. The van der Waals surface area contributed by atoms with Gasteiger partial charge in [0.2, 0.25) is 0 Å². The number of aromatic amines is 1. The van der Waals surface area contributed by atoms with Crippen LogP contribution in [-0.2, 0) is 14.3 Å². The number of amides is 1. The topological polar surface area (TPSA) is 88.7 Å². The number of carbonyl (C=O) groups is 3. The van der Waals surface area contributed by atoms with Crippen molar-refractivity contribution >= 4 is 23.5 Å². The summed E-state index contributed by atoms with van der Waals surface area (Å²) in [6.45, 7) is 5.18. The molecule has 0 fully saturated rings. The number of carbonyl (C=O) groups excluding carboxylic acids is 3. The number of rotatable bonds is 6. The van der Waals surface area contributed by atoms with Crippen molar-refractivity contribution in [2.75, 3.05) is 25.2 Å². The van der Waals surface area contributed by atoms with Crippen LogP contribution in [0.25, 0.3) is 0 Å². The molecule has 0 aliphatic heterocycles. The predicted molar refractivity (Wildman–Crippen MR) is 96.4 cm³/mol. The monoisotopic (exact) mass is 358 g/mol. The Labute approximate surface area is 151 Å². The highest BCUT2D eigenvalue weighted by Gasteiger charge is 2.24. The van der Waals surface area contributed by atoms with Crippen LogP contribution in [0.15, 0.2) is 30.3 Å². The Bertz CT molecular complexity index is 811. The standard InChI is InChI=1S/C19H22N2O5/c1-5-21(14-9-7-6-8-10-14)15(22)11-26-19(24)17-12(2)16(13(3)20-17)18(23)25-4/h6-10,20H,5,11H2,1-4H3. The molecule has 1 aromatic carbocycles. The minimum absolute atomic E-state index is 0.137. The normalized spacial score (nSPS) is 10.3. The van der Waals surface area contributed by atoms with Gasteiger partial charge in [0, 0.05) is 17.9 Å². The van der Waals surface area contributed by atoms with Gasteiger partial charge in [-0.25, -0.2) is 9.59 Å². The van der Waals surface area contributed by atoms with Crippen molar-refractivity contribution in [1.82, 2.24) is 4.98 Å². The van der Waals surface area contributed by atoms with E-state index in [1.54, 1.807) is 13.8 Å². The maximum Gasteiger partial charge on any atom is 0.355 e. The van der Waals surface area contributed by atoms with E-state index in [9.17, 15) is 14.4 Å². The Morgan fingerprint density at radius 2 is 1.73 bits per heavy atom. The summed E-state index contributed by atoms with van der Waals surface area (Å²) in [5, 5.41) is 0. The number of hydrogen-bond donors (Lipinski definition) is 1. The van der Waals surface area contributed by atoms with E-state index < -0.39 is 18.5 Å². The van der Waals surface area contributed by atoms with E-state index in [0.29, 0.717) is 23.4 Å². The van der Waals surface area contributed by atoms with Crippen LogP contribution in [0.3, 0.4) is 0 Å². The Balaban J connectivity index is 2.09. The zero-order chi connectivity index (χ0) is 19.3. The molecule has 2 aromatic rings. The quantitative estimate of drug-likeness (QED) is 0.802. The van der Waals surface area contributed by atoms with Crippen LogP contribution in [-0.4, -0.2) is 43.1 Å². The predicted octanol–water partition coefficient (Wildman–Crippen LogP) is 2.63. The number of methoxy groups -OCH3 is 1. The summed E-state index contributed by atoms with van der Waals surface area (Å²) >= 11 is 0. The first-order valence-electron chi connectivity index (χ1n) is 8.20. The number of nitrogens with one attached hydrogen (secondary N) is 1. The first-order chi connectivity index (χ1) is 12.4. The van der Waals surface area contributed by atoms with Crippen LogP contribution in [0, 0.1) is 13.8 Å². The smallest absolute Gasteiger partial charge is 0.355 e. The minimum atomic E-state index is -0.696. The van der Waals surface area contributed by atoms with E-state index in [1.807, 2.05) is 37.3 Å². The van der Waals surface area contributed by atoms with Crippen LogP contribution < -0.4 is 4.90 Å². The van der Waals surface area contributed by atoms with Gasteiger partial charge < -0.3 is 19.4 Å². The summed E-state index contributed by atoms with van der Waals surface area (Å²) in [5.41, 5.74) is 2.11. The fourth-order valence-corrected chi connectivity index (χ4v) is 2.75. The molecule has 0 radical (unpaired) electrons. The lowest BCUT2D eigenvalue weighted by Crippen LogP contribution is -2.34. The van der Waals surface area contributed by atoms with Gasteiger partial charge in [-0.05, 0) is 38.5 Å². The Morgan fingerprint density at radius 3 is 2.31 bits per heavy atom. The summed E-state index contributed by atoms with van der Waals surface area (Å²) in [4.78, 5) is 40.8. The van der Waals surface area contributed by atoms with E-state index in [0.717, 1.165) is 5.69 Å². The maximum atomic E-state index is 12.4. The zero-order valence-corrected chi connectivity index (χ0v) is 15.3. The number of para-hydroxylation sites is 1. The van der Waals surface area contributed by atoms with Crippen LogP contribution in [0.1, 0.15) is 39.0 Å². The number of esters is 2. The fraction of sp³-hybridized carbons (Fsp3) is 0.316. The molecule has 0 saturated carbocycles. The fourth-order valence-electron chi connectivity index (χ4n) is 2.75. The lowest BCUT2D eigenvalue weighted by molar-refractivity contribution is -0.121. The molecule has 138 valence electrons. The van der Waals surface area contributed by atoms with Gasteiger partial charge in [0.15, 0.2) is 6.61 Å². The molecule has 0 aliphatic carbocycles. The molecule has 26 heavy (non-hydrogen) atoms. The van der Waals surface area contributed by atoms with Gasteiger partial charge in [-0.15, -0.1) is 0 Å². The molecule has 0 aliphatic rings. The summed E-state index contributed by atoms with van der Waals surface area (Å²) in [7, 11) is 1.27. The number of nitrogens with zero attached hydrogens (tertiary/aromatic N) is 1. The lowest BCUT2D eigenvalue weighted by Gasteiger charge is -2.20. The van der Waals surface area contributed by atoms with Gasteiger partial charge in [-0.1, -0.05) is 18.2 Å². The third kappa shape index (κ3) is 3.93. The highest BCUT2D eigenvalue weighted by Crippen LogP contribution is 2.20. The number of ether oxygens (including phenoxy) is 2. The van der Waals surface area contributed by atoms with Gasteiger partial charge in [0.25, 0.3) is 5.91 Å². The van der Waals surface area contributed by atoms with Crippen molar-refractivity contribution in [1.29, 1.82) is 0 Å². The Kier molecular flexibility index (Phi) is 6.16. The third-order valence-electron chi connectivity index (χ3n) is 4.04. The van der Waals surface area contributed by atoms with Crippen LogP contribution in [0.2, 0.25) is 0 Å². The molecular formula is C19H22N2O5. The van der Waals surface area contributed by atoms with Crippen LogP contribution in [0.4, 0.5) is 5.69 Å².